The fourth-order valence-electron chi connectivity index (χ4n) is 2.56. The van der Waals surface area contributed by atoms with E-state index in [4.69, 9.17) is 9.47 Å². The molecule has 0 saturated heterocycles. The molecule has 0 aliphatic rings. The summed E-state index contributed by atoms with van der Waals surface area (Å²) >= 11 is 0. The summed E-state index contributed by atoms with van der Waals surface area (Å²) in [5.74, 6) is 2.19. The lowest BCUT2D eigenvalue weighted by molar-refractivity contribution is 0.354. The average Bonchev–Trinajstić information content (AvgIpc) is 2.67. The van der Waals surface area contributed by atoms with Crippen molar-refractivity contribution in [2.24, 2.45) is 0 Å². The van der Waals surface area contributed by atoms with Gasteiger partial charge >= 0.3 is 0 Å². The van der Waals surface area contributed by atoms with Crippen LogP contribution in [0.5, 0.6) is 11.5 Å². The first-order valence-electron chi connectivity index (χ1n) is 8.40. The van der Waals surface area contributed by atoms with Crippen LogP contribution in [-0.2, 0) is 6.54 Å². The summed E-state index contributed by atoms with van der Waals surface area (Å²) in [5.41, 5.74) is 2.55. The van der Waals surface area contributed by atoms with Gasteiger partial charge in [0.05, 0.1) is 14.2 Å². The number of rotatable bonds is 7. The predicted octanol–water partition coefficient (Wildman–Crippen LogP) is 4.30. The second-order valence-corrected chi connectivity index (χ2v) is 5.89. The number of hydrogen-bond donors (Lipinski definition) is 2. The van der Waals surface area contributed by atoms with Crippen LogP contribution < -0.4 is 20.1 Å². The van der Waals surface area contributed by atoms with Crippen molar-refractivity contribution < 1.29 is 13.9 Å². The van der Waals surface area contributed by atoms with E-state index in [1.165, 1.54) is 12.1 Å². The van der Waals surface area contributed by atoms with E-state index in [9.17, 15) is 4.39 Å². The summed E-state index contributed by atoms with van der Waals surface area (Å²) in [6, 6.07) is 13.6. The quantitative estimate of drug-likeness (QED) is 0.648. The topological polar surface area (TPSA) is 68.3 Å². The molecule has 7 heteroatoms. The Bertz CT molecular complexity index is 916. The highest BCUT2D eigenvalue weighted by Gasteiger charge is 2.06. The third-order valence-electron chi connectivity index (χ3n) is 3.88. The van der Waals surface area contributed by atoms with Crippen molar-refractivity contribution in [3.63, 3.8) is 0 Å². The lowest BCUT2D eigenvalue weighted by atomic mass is 10.2. The Morgan fingerprint density at radius 2 is 1.67 bits per heavy atom. The Kier molecular flexibility index (Phi) is 5.71. The van der Waals surface area contributed by atoms with E-state index < -0.39 is 0 Å². The summed E-state index contributed by atoms with van der Waals surface area (Å²) in [6.45, 7) is 2.45. The molecular weight excluding hydrogens is 347 g/mol. The van der Waals surface area contributed by atoms with Gasteiger partial charge in [0.1, 0.15) is 11.6 Å². The highest BCUT2D eigenvalue weighted by atomic mass is 19.1. The van der Waals surface area contributed by atoms with Gasteiger partial charge < -0.3 is 20.1 Å². The van der Waals surface area contributed by atoms with E-state index in [-0.39, 0.29) is 5.82 Å². The number of halogens is 1. The molecule has 0 saturated carbocycles. The summed E-state index contributed by atoms with van der Waals surface area (Å²) in [7, 11) is 3.21. The molecule has 140 valence electrons. The first kappa shape index (κ1) is 18.4. The Morgan fingerprint density at radius 1 is 0.926 bits per heavy atom. The minimum absolute atomic E-state index is 0.289. The van der Waals surface area contributed by atoms with Crippen molar-refractivity contribution in [3.05, 3.63) is 65.6 Å². The highest BCUT2D eigenvalue weighted by molar-refractivity contribution is 5.55. The molecule has 1 aromatic heterocycles. The van der Waals surface area contributed by atoms with Crippen molar-refractivity contribution >= 4 is 17.5 Å². The van der Waals surface area contributed by atoms with Gasteiger partial charge in [0.25, 0.3) is 0 Å². The second kappa shape index (κ2) is 8.35. The zero-order valence-electron chi connectivity index (χ0n) is 15.4. The number of aromatic nitrogens is 2. The van der Waals surface area contributed by atoms with Crippen molar-refractivity contribution in [2.45, 2.75) is 13.5 Å². The fourth-order valence-corrected chi connectivity index (χ4v) is 2.56. The molecule has 27 heavy (non-hydrogen) atoms. The number of nitrogens with one attached hydrogen (secondary N) is 2. The van der Waals surface area contributed by atoms with Gasteiger partial charge in [-0.2, -0.15) is 4.98 Å². The van der Waals surface area contributed by atoms with Gasteiger partial charge in [0.15, 0.2) is 11.5 Å². The maximum atomic E-state index is 13.0. The molecule has 6 nitrogen and oxygen atoms in total. The van der Waals surface area contributed by atoms with Gasteiger partial charge in [-0.1, -0.05) is 6.07 Å². The van der Waals surface area contributed by atoms with Gasteiger partial charge in [0, 0.05) is 24.0 Å². The third kappa shape index (κ3) is 4.84. The zero-order valence-corrected chi connectivity index (χ0v) is 15.4. The Labute approximate surface area is 157 Å². The molecule has 0 spiro atoms. The molecule has 0 radical (unpaired) electrons. The van der Waals surface area contributed by atoms with Gasteiger partial charge in [-0.05, 0) is 48.9 Å². The van der Waals surface area contributed by atoms with Crippen LogP contribution in [0.4, 0.5) is 21.8 Å². The van der Waals surface area contributed by atoms with Gasteiger partial charge in [0.2, 0.25) is 5.95 Å². The maximum absolute atomic E-state index is 13.0. The summed E-state index contributed by atoms with van der Waals surface area (Å²) in [4.78, 5) is 8.82. The van der Waals surface area contributed by atoms with Crippen LogP contribution in [0.25, 0.3) is 0 Å². The van der Waals surface area contributed by atoms with Crippen LogP contribution in [-0.4, -0.2) is 24.2 Å². The number of nitrogens with zero attached hydrogens (tertiary/aromatic N) is 2. The first-order chi connectivity index (χ1) is 13.1. The van der Waals surface area contributed by atoms with Crippen LogP contribution in [0.3, 0.4) is 0 Å². The number of aryl methyl sites for hydroxylation is 1. The normalized spacial score (nSPS) is 10.4. The molecule has 1 heterocycles. The van der Waals surface area contributed by atoms with Crippen molar-refractivity contribution in [1.82, 2.24) is 9.97 Å². The second-order valence-electron chi connectivity index (χ2n) is 5.89. The largest absolute Gasteiger partial charge is 0.493 e. The van der Waals surface area contributed by atoms with E-state index in [1.54, 1.807) is 26.4 Å². The molecule has 0 aliphatic heterocycles. The molecule has 3 aromatic rings. The van der Waals surface area contributed by atoms with Crippen LogP contribution >= 0.6 is 0 Å². The minimum atomic E-state index is -0.289. The third-order valence-corrected chi connectivity index (χ3v) is 3.88. The summed E-state index contributed by atoms with van der Waals surface area (Å²) < 4.78 is 23.6. The summed E-state index contributed by atoms with van der Waals surface area (Å²) in [5, 5.41) is 6.36. The molecule has 0 atom stereocenters. The van der Waals surface area contributed by atoms with Crippen LogP contribution in [0.1, 0.15) is 11.3 Å². The van der Waals surface area contributed by atoms with Gasteiger partial charge in [-0.15, -0.1) is 0 Å². The van der Waals surface area contributed by atoms with Crippen LogP contribution in [0, 0.1) is 12.7 Å². The SMILES string of the molecule is COc1ccc(CNc2cc(C)nc(Nc3ccc(F)cc3)n2)cc1OC. The molecule has 2 aromatic carbocycles. The number of methoxy groups -OCH3 is 2. The lowest BCUT2D eigenvalue weighted by Gasteiger charge is -2.12. The van der Waals surface area contributed by atoms with Crippen LogP contribution in [0.2, 0.25) is 0 Å². The van der Waals surface area contributed by atoms with Crippen molar-refractivity contribution in [2.75, 3.05) is 24.9 Å². The standard InChI is InChI=1S/C20H21FN4O2/c1-13-10-19(22-12-14-4-9-17(26-2)18(11-14)27-3)25-20(23-13)24-16-7-5-15(21)6-8-16/h4-11H,12H2,1-3H3,(H2,22,23,24,25). The minimum Gasteiger partial charge on any atom is -0.493 e. The maximum Gasteiger partial charge on any atom is 0.229 e. The van der Waals surface area contributed by atoms with Gasteiger partial charge in [-0.25, -0.2) is 9.37 Å². The average molecular weight is 368 g/mol. The van der Waals surface area contributed by atoms with Gasteiger partial charge in [-0.3, -0.25) is 0 Å². The van der Waals surface area contributed by atoms with E-state index in [0.29, 0.717) is 35.5 Å². The Hall–Kier alpha value is -3.35. The van der Waals surface area contributed by atoms with E-state index in [0.717, 1.165) is 11.3 Å². The van der Waals surface area contributed by atoms with Crippen molar-refractivity contribution in [3.8, 4) is 11.5 Å². The van der Waals surface area contributed by atoms with E-state index >= 15 is 0 Å². The molecule has 0 amide bonds. The Balaban J connectivity index is 1.72. The number of anilines is 3. The van der Waals surface area contributed by atoms with E-state index in [2.05, 4.69) is 20.6 Å². The van der Waals surface area contributed by atoms with E-state index in [1.807, 2.05) is 31.2 Å². The Morgan fingerprint density at radius 3 is 2.37 bits per heavy atom. The zero-order chi connectivity index (χ0) is 19.2. The fraction of sp³-hybridized carbons (Fsp3) is 0.200. The smallest absolute Gasteiger partial charge is 0.229 e. The van der Waals surface area contributed by atoms with Crippen LogP contribution in [0.15, 0.2) is 48.5 Å². The molecule has 0 fully saturated rings. The number of benzene rings is 2. The predicted molar refractivity (Wildman–Crippen MR) is 103 cm³/mol. The summed E-state index contributed by atoms with van der Waals surface area (Å²) in [6.07, 6.45) is 0. The highest BCUT2D eigenvalue weighted by Crippen LogP contribution is 2.27. The molecule has 3 rings (SSSR count). The van der Waals surface area contributed by atoms with Crippen molar-refractivity contribution in [1.29, 1.82) is 0 Å². The molecular formula is C20H21FN4O2. The molecule has 0 unspecified atom stereocenters. The number of ether oxygens (including phenoxy) is 2. The number of hydrogen-bond acceptors (Lipinski definition) is 6. The molecule has 0 bridgehead atoms. The monoisotopic (exact) mass is 368 g/mol. The first-order valence-corrected chi connectivity index (χ1v) is 8.40. The molecule has 2 N–H and O–H groups in total. The molecule has 0 aliphatic carbocycles. The lowest BCUT2D eigenvalue weighted by Crippen LogP contribution is -2.06.